The monoisotopic (exact) mass is 446 g/mol. The topological polar surface area (TPSA) is 99.1 Å². The van der Waals surface area contributed by atoms with Crippen LogP contribution in [-0.2, 0) is 28.6 Å². The number of aliphatic hydroxyl groups is 1. The molecule has 0 rings (SSSR count). The van der Waals surface area contributed by atoms with E-state index in [1.807, 2.05) is 34.6 Å². The van der Waals surface area contributed by atoms with Gasteiger partial charge in [0.2, 0.25) is 0 Å². The molecule has 7 nitrogen and oxygen atoms in total. The average Bonchev–Trinajstić information content (AvgIpc) is 2.72. The van der Waals surface area contributed by atoms with E-state index in [4.69, 9.17) is 14.2 Å². The van der Waals surface area contributed by atoms with E-state index in [1.54, 1.807) is 0 Å². The van der Waals surface area contributed by atoms with Crippen LogP contribution in [0.25, 0.3) is 0 Å². The van der Waals surface area contributed by atoms with Crippen molar-refractivity contribution in [1.82, 2.24) is 0 Å². The van der Waals surface area contributed by atoms with Crippen molar-refractivity contribution in [1.29, 1.82) is 0 Å². The average molecular weight is 447 g/mol. The first-order valence-electron chi connectivity index (χ1n) is 10.2. The highest BCUT2D eigenvalue weighted by Crippen LogP contribution is 2.45. The van der Waals surface area contributed by atoms with Gasteiger partial charge in [-0.3, -0.25) is 9.59 Å². The molecule has 0 heterocycles. The molecular weight excluding hydrogens is 408 g/mol. The van der Waals surface area contributed by atoms with Crippen molar-refractivity contribution in [2.75, 3.05) is 26.1 Å². The molecule has 1 N–H and O–H groups in total. The standard InChI is InChI=1S/C22H38O7S/c1-9-16(5)22(7,20(26)27-8)14-21(6,10-2)30-13-18(24)28-11-17(23)12-29-19(25)15(3)4/h16-17,23H,3,9-14H2,1-2,4-8H3. The van der Waals surface area contributed by atoms with Crippen molar-refractivity contribution in [3.05, 3.63) is 12.2 Å². The molecule has 0 aromatic heterocycles. The molecule has 0 fully saturated rings. The summed E-state index contributed by atoms with van der Waals surface area (Å²) < 4.78 is 14.6. The second-order valence-electron chi connectivity index (χ2n) is 8.20. The highest BCUT2D eigenvalue weighted by Gasteiger charge is 2.44. The maximum Gasteiger partial charge on any atom is 0.333 e. The van der Waals surface area contributed by atoms with Crippen molar-refractivity contribution in [2.45, 2.75) is 71.7 Å². The summed E-state index contributed by atoms with van der Waals surface area (Å²) in [6.45, 7) is 14.5. The Hall–Kier alpha value is -1.54. The lowest BCUT2D eigenvalue weighted by Gasteiger charge is -2.40. The Bertz CT molecular complexity index is 606. The van der Waals surface area contributed by atoms with E-state index in [0.717, 1.165) is 12.8 Å². The Morgan fingerprint density at radius 1 is 1.13 bits per heavy atom. The van der Waals surface area contributed by atoms with Crippen molar-refractivity contribution in [2.24, 2.45) is 11.3 Å². The number of hydrogen-bond donors (Lipinski definition) is 1. The second kappa shape index (κ2) is 13.0. The molecule has 0 aromatic rings. The van der Waals surface area contributed by atoms with E-state index in [2.05, 4.69) is 6.58 Å². The Labute approximate surface area is 184 Å². The van der Waals surface area contributed by atoms with Crippen LogP contribution in [0.15, 0.2) is 12.2 Å². The van der Waals surface area contributed by atoms with Gasteiger partial charge in [-0.05, 0) is 32.6 Å². The lowest BCUT2D eigenvalue weighted by Crippen LogP contribution is -2.42. The first kappa shape index (κ1) is 28.5. The number of ether oxygens (including phenoxy) is 3. The van der Waals surface area contributed by atoms with E-state index in [0.29, 0.717) is 6.42 Å². The number of hydrogen-bond acceptors (Lipinski definition) is 8. The predicted octanol–water partition coefficient (Wildman–Crippen LogP) is 3.53. The zero-order valence-corrected chi connectivity index (χ0v) is 20.2. The first-order valence-corrected chi connectivity index (χ1v) is 11.2. The molecule has 0 bridgehead atoms. The van der Waals surface area contributed by atoms with Crippen molar-refractivity contribution < 1.29 is 33.7 Å². The maximum absolute atomic E-state index is 12.5. The van der Waals surface area contributed by atoms with Crippen molar-refractivity contribution >= 4 is 29.7 Å². The van der Waals surface area contributed by atoms with Crippen LogP contribution in [0.3, 0.4) is 0 Å². The number of carbonyl (C=O) groups excluding carboxylic acids is 3. The minimum atomic E-state index is -1.10. The van der Waals surface area contributed by atoms with Crippen LogP contribution in [0.1, 0.15) is 60.8 Å². The Balaban J connectivity index is 4.77. The van der Waals surface area contributed by atoms with Crippen LogP contribution < -0.4 is 0 Å². The third-order valence-electron chi connectivity index (χ3n) is 5.57. The highest BCUT2D eigenvalue weighted by molar-refractivity contribution is 8.01. The zero-order valence-electron chi connectivity index (χ0n) is 19.4. The fourth-order valence-corrected chi connectivity index (χ4v) is 4.15. The molecule has 0 aromatic carbocycles. The molecule has 30 heavy (non-hydrogen) atoms. The van der Waals surface area contributed by atoms with Gasteiger partial charge < -0.3 is 19.3 Å². The van der Waals surface area contributed by atoms with Crippen LogP contribution in [0.5, 0.6) is 0 Å². The van der Waals surface area contributed by atoms with Gasteiger partial charge in [0.05, 0.1) is 18.3 Å². The minimum absolute atomic E-state index is 0.0837. The summed E-state index contributed by atoms with van der Waals surface area (Å²) in [5.74, 6) is -1.12. The molecule has 0 aliphatic heterocycles. The van der Waals surface area contributed by atoms with Gasteiger partial charge in [-0.1, -0.05) is 40.7 Å². The van der Waals surface area contributed by atoms with Crippen LogP contribution in [0, 0.1) is 11.3 Å². The lowest BCUT2D eigenvalue weighted by molar-refractivity contribution is -0.156. The van der Waals surface area contributed by atoms with Crippen molar-refractivity contribution in [3.8, 4) is 0 Å². The van der Waals surface area contributed by atoms with Gasteiger partial charge in [0.15, 0.2) is 0 Å². The molecule has 0 amide bonds. The molecule has 0 aliphatic carbocycles. The fraction of sp³-hybridized carbons (Fsp3) is 0.773. The van der Waals surface area contributed by atoms with E-state index < -0.39 is 23.5 Å². The van der Waals surface area contributed by atoms with E-state index in [9.17, 15) is 19.5 Å². The van der Waals surface area contributed by atoms with E-state index in [-0.39, 0.29) is 41.2 Å². The molecule has 8 heteroatoms. The molecule has 4 atom stereocenters. The normalized spacial score (nSPS) is 17.1. The number of thioether (sulfide) groups is 1. The van der Waals surface area contributed by atoms with E-state index >= 15 is 0 Å². The third kappa shape index (κ3) is 9.08. The van der Waals surface area contributed by atoms with Gasteiger partial charge in [0, 0.05) is 10.3 Å². The van der Waals surface area contributed by atoms with Gasteiger partial charge >= 0.3 is 17.9 Å². The van der Waals surface area contributed by atoms with Gasteiger partial charge in [0.25, 0.3) is 0 Å². The largest absolute Gasteiger partial charge is 0.469 e. The summed E-state index contributed by atoms with van der Waals surface area (Å²) >= 11 is 1.43. The zero-order chi connectivity index (χ0) is 23.5. The van der Waals surface area contributed by atoms with Gasteiger partial charge in [0.1, 0.15) is 19.3 Å². The summed E-state index contributed by atoms with van der Waals surface area (Å²) in [4.78, 5) is 35.9. The number of aliphatic hydroxyl groups excluding tert-OH is 1. The highest BCUT2D eigenvalue weighted by atomic mass is 32.2. The summed E-state index contributed by atoms with van der Waals surface area (Å²) in [6, 6.07) is 0. The molecule has 4 unspecified atom stereocenters. The number of methoxy groups -OCH3 is 1. The van der Waals surface area contributed by atoms with Crippen LogP contribution >= 0.6 is 11.8 Å². The predicted molar refractivity (Wildman–Crippen MR) is 118 cm³/mol. The summed E-state index contributed by atoms with van der Waals surface area (Å²) in [5.41, 5.74) is -0.431. The molecule has 174 valence electrons. The summed E-state index contributed by atoms with van der Waals surface area (Å²) in [6.07, 6.45) is 1.06. The second-order valence-corrected chi connectivity index (χ2v) is 9.77. The maximum atomic E-state index is 12.5. The molecule has 0 saturated heterocycles. The van der Waals surface area contributed by atoms with Crippen molar-refractivity contribution in [3.63, 3.8) is 0 Å². The quantitative estimate of drug-likeness (QED) is 0.246. The molecule has 0 saturated carbocycles. The molecular formula is C22H38O7S. The third-order valence-corrected chi connectivity index (χ3v) is 7.08. The molecule has 0 spiro atoms. The number of rotatable bonds is 14. The summed E-state index contributed by atoms with van der Waals surface area (Å²) in [7, 11) is 1.40. The lowest BCUT2D eigenvalue weighted by atomic mass is 9.70. The Morgan fingerprint density at radius 2 is 1.70 bits per heavy atom. The van der Waals surface area contributed by atoms with Crippen LogP contribution in [-0.4, -0.2) is 59.9 Å². The Morgan fingerprint density at radius 3 is 2.17 bits per heavy atom. The SMILES string of the molecule is C=C(C)C(=O)OCC(O)COC(=O)CSC(C)(CC)CC(C)(C(=O)OC)C(C)CC. The minimum Gasteiger partial charge on any atom is -0.469 e. The first-order chi connectivity index (χ1) is 13.8. The Kier molecular flexibility index (Phi) is 12.3. The molecule has 0 aliphatic rings. The molecule has 0 radical (unpaired) electrons. The van der Waals surface area contributed by atoms with Crippen LogP contribution in [0.2, 0.25) is 0 Å². The smallest absolute Gasteiger partial charge is 0.333 e. The van der Waals surface area contributed by atoms with E-state index in [1.165, 1.54) is 25.8 Å². The number of esters is 3. The number of carbonyl (C=O) groups is 3. The van der Waals surface area contributed by atoms with Gasteiger partial charge in [-0.15, -0.1) is 11.8 Å². The fourth-order valence-electron chi connectivity index (χ4n) is 2.99. The summed E-state index contributed by atoms with van der Waals surface area (Å²) in [5, 5.41) is 9.79. The van der Waals surface area contributed by atoms with Gasteiger partial charge in [-0.2, -0.15) is 0 Å². The van der Waals surface area contributed by atoms with Gasteiger partial charge in [-0.25, -0.2) is 4.79 Å². The van der Waals surface area contributed by atoms with Crippen LogP contribution in [0.4, 0.5) is 0 Å².